The highest BCUT2D eigenvalue weighted by molar-refractivity contribution is 8.26. The van der Waals surface area contributed by atoms with Crippen LogP contribution in [0.15, 0.2) is 47.4 Å². The molecular formula is C20H22N2O2S2. The van der Waals surface area contributed by atoms with Crippen LogP contribution in [0.1, 0.15) is 37.7 Å². The summed E-state index contributed by atoms with van der Waals surface area (Å²) in [5.74, 6) is -0.328. The first-order chi connectivity index (χ1) is 12.6. The molecule has 1 saturated carbocycles. The molecule has 1 heterocycles. The van der Waals surface area contributed by atoms with Gasteiger partial charge in [0, 0.05) is 6.04 Å². The number of thiocarbonyl (C=S) groups is 1. The maximum Gasteiger partial charge on any atom is 0.266 e. The van der Waals surface area contributed by atoms with Gasteiger partial charge in [-0.1, -0.05) is 85.7 Å². The SMILES string of the molecule is O=C(CN1C(=O)/C(=C/C=C/c2ccccc2)SC1=S)NC1CCCCC1. The molecule has 0 atom stereocenters. The van der Waals surface area contributed by atoms with Gasteiger partial charge in [0.05, 0.1) is 4.91 Å². The number of rotatable bonds is 5. The van der Waals surface area contributed by atoms with Crippen molar-refractivity contribution in [1.82, 2.24) is 10.2 Å². The predicted octanol–water partition coefficient (Wildman–Crippen LogP) is 3.89. The number of carbonyl (C=O) groups is 2. The lowest BCUT2D eigenvalue weighted by molar-refractivity contribution is -0.129. The van der Waals surface area contributed by atoms with Crippen molar-refractivity contribution in [3.8, 4) is 0 Å². The van der Waals surface area contributed by atoms with E-state index in [1.165, 1.54) is 23.1 Å². The minimum Gasteiger partial charge on any atom is -0.352 e. The summed E-state index contributed by atoms with van der Waals surface area (Å²) in [5, 5.41) is 3.03. The van der Waals surface area contributed by atoms with Crippen molar-refractivity contribution in [3.05, 3.63) is 53.0 Å². The van der Waals surface area contributed by atoms with E-state index in [2.05, 4.69) is 5.32 Å². The third-order valence-corrected chi connectivity index (χ3v) is 5.88. The molecule has 1 aromatic carbocycles. The van der Waals surface area contributed by atoms with E-state index in [0.29, 0.717) is 9.23 Å². The standard InChI is InChI=1S/C20H22N2O2S2/c23-18(21-16-11-5-2-6-12-16)14-22-19(24)17(26-20(22)25)13-7-10-15-8-3-1-4-9-15/h1,3-4,7-10,13,16H,2,5-6,11-12,14H2,(H,21,23)/b10-7+,17-13-. The number of thioether (sulfide) groups is 1. The first-order valence-electron chi connectivity index (χ1n) is 8.90. The molecule has 6 heteroatoms. The average molecular weight is 387 g/mol. The highest BCUT2D eigenvalue weighted by Crippen LogP contribution is 2.30. The van der Waals surface area contributed by atoms with Gasteiger partial charge in [-0.05, 0) is 24.5 Å². The molecule has 1 aromatic rings. The van der Waals surface area contributed by atoms with Crippen molar-refractivity contribution in [2.45, 2.75) is 38.1 Å². The molecule has 2 fully saturated rings. The molecule has 1 N–H and O–H groups in total. The molecule has 2 aliphatic rings. The van der Waals surface area contributed by atoms with Crippen molar-refractivity contribution in [3.63, 3.8) is 0 Å². The number of allylic oxidation sites excluding steroid dienone is 2. The normalized spacial score (nSPS) is 20.3. The van der Waals surface area contributed by atoms with Crippen LogP contribution in [0.25, 0.3) is 6.08 Å². The summed E-state index contributed by atoms with van der Waals surface area (Å²) in [6, 6.07) is 10.1. The summed E-state index contributed by atoms with van der Waals surface area (Å²) in [7, 11) is 0. The van der Waals surface area contributed by atoms with Gasteiger partial charge in [0.25, 0.3) is 5.91 Å². The Kier molecular flexibility index (Phi) is 6.63. The van der Waals surface area contributed by atoms with Crippen LogP contribution in [0.2, 0.25) is 0 Å². The van der Waals surface area contributed by atoms with E-state index in [1.807, 2.05) is 42.5 Å². The van der Waals surface area contributed by atoms with E-state index >= 15 is 0 Å². The van der Waals surface area contributed by atoms with Crippen LogP contribution in [0.4, 0.5) is 0 Å². The zero-order chi connectivity index (χ0) is 18.4. The fourth-order valence-corrected chi connectivity index (χ4v) is 4.33. The molecule has 0 bridgehead atoms. The summed E-state index contributed by atoms with van der Waals surface area (Å²) in [4.78, 5) is 26.7. The second-order valence-electron chi connectivity index (χ2n) is 6.46. The minimum absolute atomic E-state index is 0.000899. The van der Waals surface area contributed by atoms with Gasteiger partial charge in [0.1, 0.15) is 10.9 Å². The van der Waals surface area contributed by atoms with E-state index in [0.717, 1.165) is 31.2 Å². The lowest BCUT2D eigenvalue weighted by atomic mass is 9.95. The van der Waals surface area contributed by atoms with E-state index in [-0.39, 0.29) is 24.4 Å². The number of benzene rings is 1. The monoisotopic (exact) mass is 386 g/mol. The largest absolute Gasteiger partial charge is 0.352 e. The maximum atomic E-state index is 12.5. The molecule has 1 saturated heterocycles. The molecule has 26 heavy (non-hydrogen) atoms. The second-order valence-corrected chi connectivity index (χ2v) is 8.14. The molecule has 1 aliphatic heterocycles. The zero-order valence-electron chi connectivity index (χ0n) is 14.5. The van der Waals surface area contributed by atoms with Crippen LogP contribution in [-0.4, -0.2) is 33.6 Å². The van der Waals surface area contributed by atoms with Gasteiger partial charge in [-0.3, -0.25) is 14.5 Å². The van der Waals surface area contributed by atoms with Crippen molar-refractivity contribution in [1.29, 1.82) is 0 Å². The van der Waals surface area contributed by atoms with E-state index in [9.17, 15) is 9.59 Å². The highest BCUT2D eigenvalue weighted by Gasteiger charge is 2.33. The number of nitrogens with one attached hydrogen (secondary N) is 1. The second kappa shape index (κ2) is 9.14. The Morgan fingerprint density at radius 2 is 1.96 bits per heavy atom. The Labute approximate surface area is 163 Å². The summed E-state index contributed by atoms with van der Waals surface area (Å²) >= 11 is 6.53. The van der Waals surface area contributed by atoms with Crippen molar-refractivity contribution < 1.29 is 9.59 Å². The Bertz CT molecular complexity index is 737. The first kappa shape index (κ1) is 18.9. The van der Waals surface area contributed by atoms with Crippen molar-refractivity contribution >= 4 is 46.2 Å². The van der Waals surface area contributed by atoms with Gasteiger partial charge < -0.3 is 5.32 Å². The van der Waals surface area contributed by atoms with E-state index in [1.54, 1.807) is 6.08 Å². The predicted molar refractivity (Wildman–Crippen MR) is 110 cm³/mol. The molecule has 0 radical (unpaired) electrons. The van der Waals surface area contributed by atoms with Gasteiger partial charge in [-0.2, -0.15) is 0 Å². The lowest BCUT2D eigenvalue weighted by Gasteiger charge is -2.24. The van der Waals surface area contributed by atoms with Crippen LogP contribution >= 0.6 is 24.0 Å². The van der Waals surface area contributed by atoms with Crippen LogP contribution in [0.5, 0.6) is 0 Å². The quantitative estimate of drug-likeness (QED) is 0.616. The molecule has 0 aromatic heterocycles. The number of hydrogen-bond acceptors (Lipinski definition) is 4. The van der Waals surface area contributed by atoms with Crippen molar-refractivity contribution in [2.75, 3.05) is 6.54 Å². The molecule has 0 spiro atoms. The fourth-order valence-electron chi connectivity index (χ4n) is 3.13. The van der Waals surface area contributed by atoms with Crippen molar-refractivity contribution in [2.24, 2.45) is 0 Å². The summed E-state index contributed by atoms with van der Waals surface area (Å²) < 4.78 is 0.438. The topological polar surface area (TPSA) is 49.4 Å². The first-order valence-corrected chi connectivity index (χ1v) is 10.1. The Morgan fingerprint density at radius 3 is 2.69 bits per heavy atom. The average Bonchev–Trinajstić information content (AvgIpc) is 2.91. The van der Waals surface area contributed by atoms with Gasteiger partial charge in [0.2, 0.25) is 5.91 Å². The number of carbonyl (C=O) groups excluding carboxylic acids is 2. The number of nitrogens with zero attached hydrogens (tertiary/aromatic N) is 1. The van der Waals surface area contributed by atoms with E-state index < -0.39 is 0 Å². The Morgan fingerprint density at radius 1 is 1.23 bits per heavy atom. The van der Waals surface area contributed by atoms with Crippen LogP contribution in [0.3, 0.4) is 0 Å². The van der Waals surface area contributed by atoms with Crippen LogP contribution < -0.4 is 5.32 Å². The Hall–Kier alpha value is -1.92. The smallest absolute Gasteiger partial charge is 0.266 e. The number of hydrogen-bond donors (Lipinski definition) is 1. The fraction of sp³-hybridized carbons (Fsp3) is 0.350. The third-order valence-electron chi connectivity index (χ3n) is 4.48. The molecule has 0 unspecified atom stereocenters. The number of amides is 2. The Balaban J connectivity index is 1.57. The molecular weight excluding hydrogens is 364 g/mol. The summed E-state index contributed by atoms with van der Waals surface area (Å²) in [6.45, 7) is 0.000899. The molecule has 2 amide bonds. The van der Waals surface area contributed by atoms with E-state index in [4.69, 9.17) is 12.2 Å². The van der Waals surface area contributed by atoms with Gasteiger partial charge in [0.15, 0.2) is 0 Å². The molecule has 4 nitrogen and oxygen atoms in total. The maximum absolute atomic E-state index is 12.5. The lowest BCUT2D eigenvalue weighted by Crippen LogP contribution is -2.44. The highest BCUT2D eigenvalue weighted by atomic mass is 32.2. The third kappa shape index (κ3) is 5.05. The minimum atomic E-state index is -0.198. The van der Waals surface area contributed by atoms with Gasteiger partial charge in [-0.15, -0.1) is 0 Å². The molecule has 3 rings (SSSR count). The summed E-state index contributed by atoms with van der Waals surface area (Å²) in [6.07, 6.45) is 11.1. The van der Waals surface area contributed by atoms with Crippen LogP contribution in [0, 0.1) is 0 Å². The van der Waals surface area contributed by atoms with Gasteiger partial charge in [-0.25, -0.2) is 0 Å². The zero-order valence-corrected chi connectivity index (χ0v) is 16.2. The van der Waals surface area contributed by atoms with Gasteiger partial charge >= 0.3 is 0 Å². The molecule has 1 aliphatic carbocycles. The van der Waals surface area contributed by atoms with Crippen LogP contribution in [-0.2, 0) is 9.59 Å². The molecule has 136 valence electrons. The summed E-state index contributed by atoms with van der Waals surface area (Å²) in [5.41, 5.74) is 1.06.